The lowest BCUT2D eigenvalue weighted by atomic mass is 10.1. The Hall–Kier alpha value is -1.38. The second kappa shape index (κ2) is 4.01. The quantitative estimate of drug-likeness (QED) is 0.694. The summed E-state index contributed by atoms with van der Waals surface area (Å²) in [5.41, 5.74) is 0.918. The molecule has 1 atom stereocenters. The van der Waals surface area contributed by atoms with Crippen LogP contribution in [0.2, 0.25) is 0 Å². The molecule has 15 heavy (non-hydrogen) atoms. The fourth-order valence-electron chi connectivity index (χ4n) is 2.07. The highest BCUT2D eigenvalue weighted by Crippen LogP contribution is 2.27. The summed E-state index contributed by atoms with van der Waals surface area (Å²) in [6, 6.07) is 4.79. The molecule has 0 bridgehead atoms. The van der Waals surface area contributed by atoms with Gasteiger partial charge in [-0.25, -0.2) is 4.39 Å². The minimum Gasteiger partial charge on any atom is -0.371 e. The Morgan fingerprint density at radius 3 is 2.93 bits per heavy atom. The van der Waals surface area contributed by atoms with Gasteiger partial charge < -0.3 is 4.90 Å². The second-order valence-electron chi connectivity index (χ2n) is 4.13. The summed E-state index contributed by atoms with van der Waals surface area (Å²) < 4.78 is 13.3. The lowest BCUT2D eigenvalue weighted by Gasteiger charge is -2.20. The number of benzene rings is 1. The number of halogens is 1. The topological polar surface area (TPSA) is 20.3 Å². The van der Waals surface area contributed by atoms with Crippen LogP contribution in [0.3, 0.4) is 0 Å². The van der Waals surface area contributed by atoms with Crippen molar-refractivity contribution in [2.75, 3.05) is 18.0 Å². The number of nitrogens with zero attached hydrogens (tertiary/aromatic N) is 1. The average Bonchev–Trinajstić information content (AvgIpc) is 2.64. The van der Waals surface area contributed by atoms with Gasteiger partial charge in [-0.05, 0) is 24.5 Å². The van der Waals surface area contributed by atoms with E-state index in [9.17, 15) is 9.18 Å². The number of hydrogen-bond donors (Lipinski definition) is 0. The molecule has 0 saturated carbocycles. The molecule has 1 saturated heterocycles. The molecule has 80 valence electrons. The van der Waals surface area contributed by atoms with Crippen molar-refractivity contribution in [2.24, 2.45) is 5.92 Å². The zero-order chi connectivity index (χ0) is 10.8. The van der Waals surface area contributed by atoms with Crippen LogP contribution in [-0.4, -0.2) is 19.4 Å². The minimum atomic E-state index is -0.429. The Morgan fingerprint density at radius 1 is 1.53 bits per heavy atom. The fraction of sp³-hybridized carbons (Fsp3) is 0.417. The molecule has 0 N–H and O–H groups in total. The van der Waals surface area contributed by atoms with Crippen LogP contribution in [-0.2, 0) is 0 Å². The molecule has 1 aliphatic rings. The standard InChI is InChI=1S/C12H14FNO/c1-9-5-6-14(7-9)12-4-2-3-11(13)10(12)8-15/h2-4,8-9H,5-7H2,1H3. The zero-order valence-electron chi connectivity index (χ0n) is 8.74. The van der Waals surface area contributed by atoms with Gasteiger partial charge in [-0.2, -0.15) is 0 Å². The van der Waals surface area contributed by atoms with Crippen LogP contribution in [0.25, 0.3) is 0 Å². The lowest BCUT2D eigenvalue weighted by molar-refractivity contribution is 0.112. The molecule has 3 heteroatoms. The van der Waals surface area contributed by atoms with Crippen molar-refractivity contribution in [2.45, 2.75) is 13.3 Å². The van der Waals surface area contributed by atoms with Crippen LogP contribution in [0, 0.1) is 11.7 Å². The van der Waals surface area contributed by atoms with Crippen LogP contribution >= 0.6 is 0 Å². The molecule has 0 amide bonds. The maximum absolute atomic E-state index is 13.3. The van der Waals surface area contributed by atoms with Crippen molar-refractivity contribution in [3.8, 4) is 0 Å². The normalized spacial score (nSPS) is 20.7. The Morgan fingerprint density at radius 2 is 2.33 bits per heavy atom. The van der Waals surface area contributed by atoms with E-state index in [0.717, 1.165) is 25.2 Å². The molecule has 0 aliphatic carbocycles. The lowest BCUT2D eigenvalue weighted by Crippen LogP contribution is -2.20. The number of rotatable bonds is 2. The summed E-state index contributed by atoms with van der Waals surface area (Å²) in [4.78, 5) is 12.9. The molecule has 1 aliphatic heterocycles. The molecule has 1 unspecified atom stereocenters. The summed E-state index contributed by atoms with van der Waals surface area (Å²) in [5.74, 6) is 0.190. The molecule has 1 heterocycles. The summed E-state index contributed by atoms with van der Waals surface area (Å²) in [6.45, 7) is 3.98. The minimum absolute atomic E-state index is 0.187. The first-order valence-corrected chi connectivity index (χ1v) is 5.21. The molecule has 0 spiro atoms. The van der Waals surface area contributed by atoms with Gasteiger partial charge in [0.15, 0.2) is 6.29 Å². The van der Waals surface area contributed by atoms with Gasteiger partial charge in [0.05, 0.1) is 11.3 Å². The van der Waals surface area contributed by atoms with Crippen molar-refractivity contribution in [3.05, 3.63) is 29.6 Å². The third-order valence-electron chi connectivity index (χ3n) is 2.91. The highest BCUT2D eigenvalue weighted by atomic mass is 19.1. The first-order valence-electron chi connectivity index (χ1n) is 5.21. The molecular weight excluding hydrogens is 193 g/mol. The first-order chi connectivity index (χ1) is 7.22. The van der Waals surface area contributed by atoms with Crippen LogP contribution in [0.5, 0.6) is 0 Å². The molecule has 2 nitrogen and oxygen atoms in total. The molecule has 1 aromatic carbocycles. The van der Waals surface area contributed by atoms with Crippen LogP contribution < -0.4 is 4.90 Å². The molecular formula is C12H14FNO. The van der Waals surface area contributed by atoms with Gasteiger partial charge >= 0.3 is 0 Å². The van der Waals surface area contributed by atoms with Crippen molar-refractivity contribution < 1.29 is 9.18 Å². The SMILES string of the molecule is CC1CCN(c2cccc(F)c2C=O)C1. The third kappa shape index (κ3) is 1.87. The van der Waals surface area contributed by atoms with Gasteiger partial charge in [0.2, 0.25) is 0 Å². The Balaban J connectivity index is 2.35. The van der Waals surface area contributed by atoms with E-state index in [4.69, 9.17) is 0 Å². The number of aldehydes is 1. The summed E-state index contributed by atoms with van der Waals surface area (Å²) >= 11 is 0. The number of hydrogen-bond acceptors (Lipinski definition) is 2. The molecule has 2 rings (SSSR count). The Labute approximate surface area is 88.7 Å². The highest BCUT2D eigenvalue weighted by molar-refractivity contribution is 5.85. The van der Waals surface area contributed by atoms with E-state index in [0.29, 0.717) is 12.2 Å². The van der Waals surface area contributed by atoms with E-state index in [-0.39, 0.29) is 5.56 Å². The monoisotopic (exact) mass is 207 g/mol. The predicted molar refractivity (Wildman–Crippen MR) is 57.8 cm³/mol. The van der Waals surface area contributed by atoms with Crippen molar-refractivity contribution in [3.63, 3.8) is 0 Å². The third-order valence-corrected chi connectivity index (χ3v) is 2.91. The van der Waals surface area contributed by atoms with Gasteiger partial charge in [0.1, 0.15) is 5.82 Å². The molecule has 1 aromatic rings. The number of anilines is 1. The largest absolute Gasteiger partial charge is 0.371 e. The number of carbonyl (C=O) groups is 1. The maximum atomic E-state index is 13.3. The van der Waals surface area contributed by atoms with Crippen LogP contribution in [0.15, 0.2) is 18.2 Å². The van der Waals surface area contributed by atoms with E-state index in [1.165, 1.54) is 6.07 Å². The van der Waals surface area contributed by atoms with Crippen molar-refractivity contribution in [1.29, 1.82) is 0 Å². The fourth-order valence-corrected chi connectivity index (χ4v) is 2.07. The summed E-state index contributed by atoms with van der Waals surface area (Å²) in [5, 5.41) is 0. The molecule has 0 aromatic heterocycles. The average molecular weight is 207 g/mol. The van der Waals surface area contributed by atoms with Gasteiger partial charge in [-0.3, -0.25) is 4.79 Å². The molecule has 1 fully saturated rings. The van der Waals surface area contributed by atoms with Gasteiger partial charge in [-0.15, -0.1) is 0 Å². The Bertz CT molecular complexity index is 378. The van der Waals surface area contributed by atoms with E-state index in [1.54, 1.807) is 6.07 Å². The molecule has 0 radical (unpaired) electrons. The second-order valence-corrected chi connectivity index (χ2v) is 4.13. The van der Waals surface area contributed by atoms with Gasteiger partial charge in [0.25, 0.3) is 0 Å². The van der Waals surface area contributed by atoms with Crippen molar-refractivity contribution in [1.82, 2.24) is 0 Å². The van der Waals surface area contributed by atoms with Crippen LogP contribution in [0.1, 0.15) is 23.7 Å². The van der Waals surface area contributed by atoms with Gasteiger partial charge in [0, 0.05) is 13.1 Å². The maximum Gasteiger partial charge on any atom is 0.155 e. The smallest absolute Gasteiger partial charge is 0.155 e. The highest BCUT2D eigenvalue weighted by Gasteiger charge is 2.21. The zero-order valence-corrected chi connectivity index (χ0v) is 8.74. The first kappa shape index (κ1) is 10.1. The van der Waals surface area contributed by atoms with Gasteiger partial charge in [-0.1, -0.05) is 13.0 Å². The summed E-state index contributed by atoms with van der Waals surface area (Å²) in [7, 11) is 0. The number of carbonyl (C=O) groups excluding carboxylic acids is 1. The predicted octanol–water partition coefficient (Wildman–Crippen LogP) is 2.48. The van der Waals surface area contributed by atoms with E-state index in [1.807, 2.05) is 6.07 Å². The van der Waals surface area contributed by atoms with Crippen LogP contribution in [0.4, 0.5) is 10.1 Å². The van der Waals surface area contributed by atoms with Crippen molar-refractivity contribution >= 4 is 12.0 Å². The van der Waals surface area contributed by atoms with E-state index in [2.05, 4.69) is 11.8 Å². The van der Waals surface area contributed by atoms with E-state index < -0.39 is 5.82 Å². The summed E-state index contributed by atoms with van der Waals surface area (Å²) in [6.07, 6.45) is 1.71. The Kier molecular flexibility index (Phi) is 2.71. The van der Waals surface area contributed by atoms with E-state index >= 15 is 0 Å².